The van der Waals surface area contributed by atoms with Crippen molar-refractivity contribution in [3.63, 3.8) is 0 Å². The van der Waals surface area contributed by atoms with Gasteiger partial charge in [-0.25, -0.2) is 4.68 Å². The van der Waals surface area contributed by atoms with Crippen LogP contribution in [0.4, 0.5) is 14.5 Å². The lowest BCUT2D eigenvalue weighted by Gasteiger charge is -2.21. The second-order valence-electron chi connectivity index (χ2n) is 7.57. The van der Waals surface area contributed by atoms with Crippen LogP contribution in [-0.4, -0.2) is 28.5 Å². The van der Waals surface area contributed by atoms with E-state index in [-0.39, 0.29) is 40.4 Å². The van der Waals surface area contributed by atoms with Gasteiger partial charge < -0.3 is 18.8 Å². The summed E-state index contributed by atoms with van der Waals surface area (Å²) in [6.45, 7) is 1.46. The molecule has 35 heavy (non-hydrogen) atoms. The normalized spacial score (nSPS) is 13.9. The van der Waals surface area contributed by atoms with Crippen LogP contribution in [0.1, 0.15) is 6.92 Å². The minimum Gasteiger partial charge on any atom is -0.462 e. The van der Waals surface area contributed by atoms with Crippen molar-refractivity contribution in [1.29, 1.82) is 0 Å². The van der Waals surface area contributed by atoms with E-state index in [1.165, 1.54) is 35.4 Å². The molecule has 2 aromatic heterocycles. The Morgan fingerprint density at radius 1 is 1.09 bits per heavy atom. The molecule has 8 nitrogen and oxygen atoms in total. The van der Waals surface area contributed by atoms with E-state index in [9.17, 15) is 18.4 Å². The molecule has 0 N–H and O–H groups in total. The summed E-state index contributed by atoms with van der Waals surface area (Å²) in [7, 11) is 0. The molecule has 1 amide bonds. The van der Waals surface area contributed by atoms with Crippen molar-refractivity contribution in [3.8, 4) is 22.8 Å². The number of anilines is 1. The Kier molecular flexibility index (Phi) is 5.65. The van der Waals surface area contributed by atoms with Gasteiger partial charge in [0.25, 0.3) is 5.56 Å². The Balaban J connectivity index is 1.51. The quantitative estimate of drug-likeness (QED) is 0.352. The van der Waals surface area contributed by atoms with E-state index in [1.54, 1.807) is 25.1 Å². The maximum atomic E-state index is 13.4. The highest BCUT2D eigenvalue weighted by molar-refractivity contribution is 6.35. The van der Waals surface area contributed by atoms with Crippen LogP contribution in [0, 0.1) is 0 Å². The number of hydrogen-bond acceptors (Lipinski definition) is 6. The van der Waals surface area contributed by atoms with Gasteiger partial charge in [-0.15, -0.1) is 8.78 Å². The standard InChI is InChI=1S/C23H15Cl2F2N3O5/c1-2-29(15-3-4-17-18(10-15)35-23(26,27)34-17)19(31)11-30-22(32)16-5-6-33-21(16)20(28-30)12-7-13(24)9-14(25)8-12/h3-10H,2,11H2,1H3. The Bertz CT molecular complexity index is 1520. The Morgan fingerprint density at radius 2 is 1.80 bits per heavy atom. The van der Waals surface area contributed by atoms with Gasteiger partial charge in [-0.2, -0.15) is 5.10 Å². The van der Waals surface area contributed by atoms with Crippen molar-refractivity contribution in [2.75, 3.05) is 11.4 Å². The van der Waals surface area contributed by atoms with Crippen molar-refractivity contribution in [2.24, 2.45) is 0 Å². The largest absolute Gasteiger partial charge is 0.586 e. The zero-order valence-corrected chi connectivity index (χ0v) is 19.4. The molecule has 180 valence electrons. The molecular weight excluding hydrogens is 507 g/mol. The van der Waals surface area contributed by atoms with Crippen LogP contribution in [-0.2, 0) is 11.3 Å². The molecular formula is C23H15Cl2F2N3O5. The van der Waals surface area contributed by atoms with E-state index in [4.69, 9.17) is 27.6 Å². The van der Waals surface area contributed by atoms with Gasteiger partial charge in [-0.3, -0.25) is 9.59 Å². The molecule has 0 saturated heterocycles. The number of fused-ring (bicyclic) bond motifs is 2. The predicted molar refractivity (Wildman–Crippen MR) is 124 cm³/mol. The van der Waals surface area contributed by atoms with E-state index in [0.29, 0.717) is 15.6 Å². The second kappa shape index (κ2) is 8.54. The summed E-state index contributed by atoms with van der Waals surface area (Å²) in [6.07, 6.45) is -2.44. The van der Waals surface area contributed by atoms with Crippen LogP contribution in [0.5, 0.6) is 11.5 Å². The second-order valence-corrected chi connectivity index (χ2v) is 8.44. The van der Waals surface area contributed by atoms with Crippen LogP contribution in [0.25, 0.3) is 22.2 Å². The summed E-state index contributed by atoms with van der Waals surface area (Å²) in [5.74, 6) is -0.852. The monoisotopic (exact) mass is 521 g/mol. The predicted octanol–water partition coefficient (Wildman–Crippen LogP) is 5.34. The third-order valence-electron chi connectivity index (χ3n) is 5.30. The third kappa shape index (κ3) is 4.30. The molecule has 0 saturated carbocycles. The van der Waals surface area contributed by atoms with Crippen molar-refractivity contribution in [1.82, 2.24) is 9.78 Å². The van der Waals surface area contributed by atoms with Crippen molar-refractivity contribution < 1.29 is 27.5 Å². The number of hydrogen-bond donors (Lipinski definition) is 0. The first-order valence-electron chi connectivity index (χ1n) is 10.3. The fraction of sp³-hybridized carbons (Fsp3) is 0.174. The van der Waals surface area contributed by atoms with E-state index >= 15 is 0 Å². The van der Waals surface area contributed by atoms with Gasteiger partial charge in [0, 0.05) is 33.9 Å². The molecule has 0 fully saturated rings. The number of furan rings is 1. The topological polar surface area (TPSA) is 86.8 Å². The van der Waals surface area contributed by atoms with Crippen LogP contribution in [0.2, 0.25) is 10.0 Å². The fourth-order valence-electron chi connectivity index (χ4n) is 3.82. The molecule has 0 bridgehead atoms. The summed E-state index contributed by atoms with van der Waals surface area (Å²) in [5.41, 5.74) is 0.737. The first kappa shape index (κ1) is 23.1. The molecule has 5 rings (SSSR count). The van der Waals surface area contributed by atoms with Gasteiger partial charge in [0.1, 0.15) is 12.2 Å². The minimum atomic E-state index is -3.78. The first-order valence-corrected chi connectivity index (χ1v) is 11.1. The van der Waals surface area contributed by atoms with Gasteiger partial charge in [-0.05, 0) is 43.3 Å². The molecule has 4 aromatic rings. The van der Waals surface area contributed by atoms with Crippen LogP contribution >= 0.6 is 23.2 Å². The highest BCUT2D eigenvalue weighted by Crippen LogP contribution is 2.43. The number of carbonyl (C=O) groups is 1. The van der Waals surface area contributed by atoms with E-state index < -0.39 is 24.3 Å². The van der Waals surface area contributed by atoms with Gasteiger partial charge in [0.2, 0.25) is 5.91 Å². The van der Waals surface area contributed by atoms with Crippen molar-refractivity contribution >= 4 is 45.8 Å². The lowest BCUT2D eigenvalue weighted by atomic mass is 10.1. The smallest absolute Gasteiger partial charge is 0.462 e. The average Bonchev–Trinajstić information content (AvgIpc) is 3.38. The zero-order chi connectivity index (χ0) is 24.9. The number of alkyl halides is 2. The Hall–Kier alpha value is -3.63. The number of carbonyl (C=O) groups excluding carboxylic acids is 1. The lowest BCUT2D eigenvalue weighted by molar-refractivity contribution is -0.286. The Morgan fingerprint density at radius 3 is 2.51 bits per heavy atom. The van der Waals surface area contributed by atoms with Gasteiger partial charge in [0.05, 0.1) is 11.6 Å². The van der Waals surface area contributed by atoms with Crippen molar-refractivity contribution in [2.45, 2.75) is 19.8 Å². The van der Waals surface area contributed by atoms with Gasteiger partial charge in [-0.1, -0.05) is 23.2 Å². The highest BCUT2D eigenvalue weighted by atomic mass is 35.5. The van der Waals surface area contributed by atoms with E-state index in [1.807, 2.05) is 0 Å². The maximum Gasteiger partial charge on any atom is 0.586 e. The molecule has 0 unspecified atom stereocenters. The molecule has 0 radical (unpaired) electrons. The number of likely N-dealkylation sites (N-methyl/N-ethyl adjacent to an activating group) is 1. The fourth-order valence-corrected chi connectivity index (χ4v) is 4.35. The number of amides is 1. The maximum absolute atomic E-state index is 13.4. The number of benzene rings is 2. The number of nitrogens with zero attached hydrogens (tertiary/aromatic N) is 3. The summed E-state index contributed by atoms with van der Waals surface area (Å²) < 4.78 is 42.1. The summed E-state index contributed by atoms with van der Waals surface area (Å²) in [5, 5.41) is 5.28. The first-order chi connectivity index (χ1) is 16.6. The summed E-state index contributed by atoms with van der Waals surface area (Å²) >= 11 is 12.3. The zero-order valence-electron chi connectivity index (χ0n) is 17.9. The SMILES string of the molecule is CCN(C(=O)Cn1nc(-c2cc(Cl)cc(Cl)c2)c2occc2c1=O)c1ccc2c(c1)OC(F)(F)O2. The molecule has 0 spiro atoms. The number of rotatable bonds is 5. The summed E-state index contributed by atoms with van der Waals surface area (Å²) in [4.78, 5) is 27.5. The molecule has 12 heteroatoms. The number of halogens is 4. The minimum absolute atomic E-state index is 0.143. The van der Waals surface area contributed by atoms with Crippen LogP contribution < -0.4 is 19.9 Å². The number of aromatic nitrogens is 2. The molecule has 0 atom stereocenters. The molecule has 0 aliphatic carbocycles. The Labute approximate surface area is 206 Å². The average molecular weight is 522 g/mol. The molecule has 1 aliphatic rings. The molecule has 2 aromatic carbocycles. The molecule has 1 aliphatic heterocycles. The van der Waals surface area contributed by atoms with Crippen LogP contribution in [0.15, 0.2) is 57.9 Å². The van der Waals surface area contributed by atoms with Gasteiger partial charge in [0.15, 0.2) is 17.1 Å². The lowest BCUT2D eigenvalue weighted by Crippen LogP contribution is -2.37. The van der Waals surface area contributed by atoms with Crippen molar-refractivity contribution in [3.05, 3.63) is 69.1 Å². The van der Waals surface area contributed by atoms with Crippen LogP contribution in [0.3, 0.4) is 0 Å². The highest BCUT2D eigenvalue weighted by Gasteiger charge is 2.43. The van der Waals surface area contributed by atoms with E-state index in [0.717, 1.165) is 4.68 Å². The summed E-state index contributed by atoms with van der Waals surface area (Å²) in [6, 6.07) is 10.2. The number of ether oxygens (including phenoxy) is 2. The third-order valence-corrected chi connectivity index (χ3v) is 5.74. The molecule has 3 heterocycles. The van der Waals surface area contributed by atoms with E-state index in [2.05, 4.69) is 14.6 Å². The van der Waals surface area contributed by atoms with Gasteiger partial charge >= 0.3 is 6.29 Å².